The van der Waals surface area contributed by atoms with E-state index in [0.29, 0.717) is 35.6 Å². The average molecular weight is 483 g/mol. The van der Waals surface area contributed by atoms with E-state index in [4.69, 9.17) is 0 Å². The van der Waals surface area contributed by atoms with Crippen molar-refractivity contribution in [2.45, 2.75) is 12.6 Å². The summed E-state index contributed by atoms with van der Waals surface area (Å²) in [7, 11) is 1.58. The Morgan fingerprint density at radius 2 is 1.86 bits per heavy atom. The summed E-state index contributed by atoms with van der Waals surface area (Å²) in [5.74, 6) is 0.372. The second kappa shape index (κ2) is 10.3. The molecule has 4 rings (SSSR count). The summed E-state index contributed by atoms with van der Waals surface area (Å²) >= 11 is 0. The number of para-hydroxylation sites is 1. The number of halogens is 3. The molecule has 0 fully saturated rings. The Kier molecular flexibility index (Phi) is 6.99. The normalized spacial score (nSPS) is 11.3. The Hall–Kier alpha value is -4.35. The van der Waals surface area contributed by atoms with Gasteiger partial charge in [0, 0.05) is 49.2 Å². The number of aromatic nitrogens is 5. The van der Waals surface area contributed by atoms with Crippen molar-refractivity contribution in [3.05, 3.63) is 66.4 Å². The molecule has 4 aromatic rings. The molecular formula is C23H20F3N7O2. The van der Waals surface area contributed by atoms with E-state index in [2.05, 4.69) is 40.3 Å². The molecule has 0 aliphatic rings. The lowest BCUT2D eigenvalue weighted by Gasteiger charge is -2.10. The Bertz CT molecular complexity index is 1330. The first-order valence-corrected chi connectivity index (χ1v) is 10.5. The summed E-state index contributed by atoms with van der Waals surface area (Å²) in [6, 6.07) is 8.69. The summed E-state index contributed by atoms with van der Waals surface area (Å²) in [4.78, 5) is 32.6. The zero-order valence-corrected chi connectivity index (χ0v) is 18.5. The number of benzene rings is 1. The molecular weight excluding hydrogens is 463 g/mol. The van der Waals surface area contributed by atoms with Gasteiger partial charge < -0.3 is 15.4 Å². The summed E-state index contributed by atoms with van der Waals surface area (Å²) in [5, 5.41) is 6.63. The Balaban J connectivity index is 1.42. The molecule has 9 nitrogen and oxygen atoms in total. The van der Waals surface area contributed by atoms with Crippen LogP contribution in [0.3, 0.4) is 0 Å². The predicted molar refractivity (Wildman–Crippen MR) is 122 cm³/mol. The smallest absolute Gasteiger partial charge is 0.422 e. The highest BCUT2D eigenvalue weighted by atomic mass is 19.4. The molecule has 2 N–H and O–H groups in total. The second-order valence-corrected chi connectivity index (χ2v) is 7.37. The lowest BCUT2D eigenvalue weighted by atomic mass is 10.0. The SMILES string of the molecule is CNC(=O)c1ccnc2c(CCNc3cc(-c4cnc(OCC(F)(F)F)nc4)ncn3)cccc12. The molecule has 0 aliphatic carbocycles. The van der Waals surface area contributed by atoms with E-state index in [9.17, 15) is 18.0 Å². The molecule has 1 aromatic carbocycles. The van der Waals surface area contributed by atoms with Crippen molar-refractivity contribution in [2.75, 3.05) is 25.5 Å². The molecule has 0 unspecified atom stereocenters. The van der Waals surface area contributed by atoms with Crippen molar-refractivity contribution < 1.29 is 22.7 Å². The van der Waals surface area contributed by atoms with Crippen LogP contribution in [0.1, 0.15) is 15.9 Å². The molecule has 3 heterocycles. The number of hydrogen-bond acceptors (Lipinski definition) is 8. The van der Waals surface area contributed by atoms with Gasteiger partial charge in [0.25, 0.3) is 5.91 Å². The molecule has 0 atom stereocenters. The molecule has 1 amide bonds. The maximum atomic E-state index is 12.3. The standard InChI is InChI=1S/C23H20F3N7O2/c1-27-21(34)17-6-8-29-20-14(3-2-4-16(17)20)5-7-28-19-9-18(32-13-33-19)15-10-30-22(31-11-15)35-12-23(24,25)26/h2-4,6,8-11,13H,5,7,12H2,1H3,(H,27,34)(H,28,32,33). The van der Waals surface area contributed by atoms with Gasteiger partial charge in [-0.15, -0.1) is 0 Å². The lowest BCUT2D eigenvalue weighted by molar-refractivity contribution is -0.154. The predicted octanol–water partition coefficient (Wildman–Crippen LogP) is 3.44. The fraction of sp³-hybridized carbons (Fsp3) is 0.217. The van der Waals surface area contributed by atoms with Gasteiger partial charge in [0.05, 0.1) is 16.8 Å². The van der Waals surface area contributed by atoms with Crippen LogP contribution in [0.5, 0.6) is 6.01 Å². The van der Waals surface area contributed by atoms with Crippen molar-refractivity contribution in [1.82, 2.24) is 30.2 Å². The van der Waals surface area contributed by atoms with E-state index in [1.54, 1.807) is 25.4 Å². The van der Waals surface area contributed by atoms with E-state index in [1.807, 2.05) is 18.2 Å². The first-order valence-electron chi connectivity index (χ1n) is 10.5. The largest absolute Gasteiger partial charge is 0.454 e. The summed E-state index contributed by atoms with van der Waals surface area (Å²) in [6.45, 7) is -0.935. The van der Waals surface area contributed by atoms with Crippen LogP contribution < -0.4 is 15.4 Å². The number of nitrogens with zero attached hydrogens (tertiary/aromatic N) is 5. The second-order valence-electron chi connectivity index (χ2n) is 7.37. The molecule has 0 saturated carbocycles. The van der Waals surface area contributed by atoms with Gasteiger partial charge in [0.2, 0.25) is 0 Å². The fourth-order valence-electron chi connectivity index (χ4n) is 3.38. The highest BCUT2D eigenvalue weighted by Crippen LogP contribution is 2.22. The molecule has 12 heteroatoms. The average Bonchev–Trinajstić information content (AvgIpc) is 2.87. The van der Waals surface area contributed by atoms with Crippen molar-refractivity contribution >= 4 is 22.6 Å². The highest BCUT2D eigenvalue weighted by molar-refractivity contribution is 6.06. The van der Waals surface area contributed by atoms with Gasteiger partial charge in [-0.1, -0.05) is 18.2 Å². The topological polar surface area (TPSA) is 115 Å². The number of hydrogen-bond donors (Lipinski definition) is 2. The molecule has 0 spiro atoms. The minimum Gasteiger partial charge on any atom is -0.454 e. The maximum Gasteiger partial charge on any atom is 0.422 e. The molecule has 0 saturated heterocycles. The summed E-state index contributed by atoms with van der Waals surface area (Å²) in [6.07, 6.45) is 1.79. The van der Waals surface area contributed by atoms with Gasteiger partial charge in [-0.3, -0.25) is 9.78 Å². The third-order valence-electron chi connectivity index (χ3n) is 4.98. The maximum absolute atomic E-state index is 12.3. The van der Waals surface area contributed by atoms with Crippen molar-refractivity contribution in [3.8, 4) is 17.3 Å². The van der Waals surface area contributed by atoms with Gasteiger partial charge in [0.1, 0.15) is 12.1 Å². The molecule has 180 valence electrons. The van der Waals surface area contributed by atoms with Crippen LogP contribution in [0, 0.1) is 0 Å². The zero-order chi connectivity index (χ0) is 24.8. The first-order chi connectivity index (χ1) is 16.8. The number of fused-ring (bicyclic) bond motifs is 1. The Morgan fingerprint density at radius 1 is 1.06 bits per heavy atom. The number of carbonyl (C=O) groups is 1. The summed E-state index contributed by atoms with van der Waals surface area (Å²) < 4.78 is 41.3. The number of amides is 1. The minimum atomic E-state index is -4.47. The number of nitrogens with one attached hydrogen (secondary N) is 2. The zero-order valence-electron chi connectivity index (χ0n) is 18.5. The van der Waals surface area contributed by atoms with Gasteiger partial charge in [-0.2, -0.15) is 13.2 Å². The third-order valence-corrected chi connectivity index (χ3v) is 4.98. The highest BCUT2D eigenvalue weighted by Gasteiger charge is 2.28. The fourth-order valence-corrected chi connectivity index (χ4v) is 3.38. The first kappa shape index (κ1) is 23.8. The van der Waals surface area contributed by atoms with E-state index in [0.717, 1.165) is 16.5 Å². The van der Waals surface area contributed by atoms with Crippen molar-refractivity contribution in [1.29, 1.82) is 0 Å². The molecule has 0 radical (unpaired) electrons. The number of anilines is 1. The van der Waals surface area contributed by atoms with Crippen LogP contribution in [0.15, 0.2) is 55.2 Å². The van der Waals surface area contributed by atoms with Crippen LogP contribution in [-0.2, 0) is 6.42 Å². The van der Waals surface area contributed by atoms with Crippen LogP contribution >= 0.6 is 0 Å². The Labute approximate surface area is 197 Å². The molecule has 3 aromatic heterocycles. The van der Waals surface area contributed by atoms with E-state index in [1.165, 1.54) is 18.7 Å². The summed E-state index contributed by atoms with van der Waals surface area (Å²) in [5.41, 5.74) is 3.27. The Morgan fingerprint density at radius 3 is 2.60 bits per heavy atom. The third kappa shape index (κ3) is 5.96. The quantitative estimate of drug-likeness (QED) is 0.392. The number of rotatable bonds is 8. The van der Waals surface area contributed by atoms with E-state index >= 15 is 0 Å². The number of pyridine rings is 1. The lowest BCUT2D eigenvalue weighted by Crippen LogP contribution is -2.20. The van der Waals surface area contributed by atoms with E-state index in [-0.39, 0.29) is 11.9 Å². The number of ether oxygens (including phenoxy) is 1. The molecule has 0 bridgehead atoms. The van der Waals surface area contributed by atoms with Gasteiger partial charge in [0.15, 0.2) is 6.61 Å². The number of carbonyl (C=O) groups excluding carboxylic acids is 1. The van der Waals surface area contributed by atoms with Gasteiger partial charge >= 0.3 is 12.2 Å². The van der Waals surface area contributed by atoms with Crippen LogP contribution in [0.25, 0.3) is 22.2 Å². The molecule has 35 heavy (non-hydrogen) atoms. The van der Waals surface area contributed by atoms with E-state index < -0.39 is 12.8 Å². The van der Waals surface area contributed by atoms with Crippen LogP contribution in [-0.4, -0.2) is 57.2 Å². The van der Waals surface area contributed by atoms with Crippen LogP contribution in [0.2, 0.25) is 0 Å². The van der Waals surface area contributed by atoms with Crippen LogP contribution in [0.4, 0.5) is 19.0 Å². The van der Waals surface area contributed by atoms with Gasteiger partial charge in [-0.25, -0.2) is 19.9 Å². The minimum absolute atomic E-state index is 0.176. The van der Waals surface area contributed by atoms with Crippen molar-refractivity contribution in [3.63, 3.8) is 0 Å². The number of alkyl halides is 3. The monoisotopic (exact) mass is 483 g/mol. The van der Waals surface area contributed by atoms with Crippen molar-refractivity contribution in [2.24, 2.45) is 0 Å². The van der Waals surface area contributed by atoms with Gasteiger partial charge in [-0.05, 0) is 18.1 Å². The molecule has 0 aliphatic heterocycles.